The van der Waals surface area contributed by atoms with E-state index in [0.29, 0.717) is 28.1 Å². The Morgan fingerprint density at radius 1 is 1.16 bits per heavy atom. The van der Waals surface area contributed by atoms with Gasteiger partial charge in [-0.1, -0.05) is 43.6 Å². The highest BCUT2D eigenvalue weighted by atomic mass is 35.5. The smallest absolute Gasteiger partial charge is 0.290 e. The number of carbonyl (C=O) groups is 2. The zero-order valence-electron chi connectivity index (χ0n) is 18.4. The van der Waals surface area contributed by atoms with Crippen molar-refractivity contribution in [2.45, 2.75) is 40.2 Å². The summed E-state index contributed by atoms with van der Waals surface area (Å²) in [7, 11) is 0. The van der Waals surface area contributed by atoms with E-state index in [1.807, 2.05) is 26.8 Å². The molecule has 1 aromatic heterocycles. The monoisotopic (exact) mass is 456 g/mol. The Kier molecular flexibility index (Phi) is 7.15. The van der Waals surface area contributed by atoms with E-state index in [0.717, 1.165) is 11.1 Å². The first-order chi connectivity index (χ1) is 15.2. The normalized spacial score (nSPS) is 10.9. The number of carbonyl (C=O) groups excluding carboxylic acids is 2. The molecule has 2 amide bonds. The standard InChI is InChI=1S/C23H25ClN4O4/c1-5-28-23(31)16-9-7-6-8-15(16)21(27-28)22(30)26-25-20(29)12-32-19-10-14(4)18(24)11-17(19)13(2)3/h6-11,13H,5,12H2,1-4H3,(H,25,29)(H,26,30). The zero-order valence-corrected chi connectivity index (χ0v) is 19.1. The van der Waals surface area contributed by atoms with Crippen molar-refractivity contribution in [3.8, 4) is 5.75 Å². The van der Waals surface area contributed by atoms with Crippen molar-refractivity contribution >= 4 is 34.2 Å². The Balaban J connectivity index is 1.70. The van der Waals surface area contributed by atoms with Gasteiger partial charge in [0.2, 0.25) is 0 Å². The minimum atomic E-state index is -0.637. The third-order valence-corrected chi connectivity index (χ3v) is 5.38. The lowest BCUT2D eigenvalue weighted by molar-refractivity contribution is -0.123. The molecule has 0 bridgehead atoms. The Morgan fingerprint density at radius 2 is 1.84 bits per heavy atom. The molecule has 3 rings (SSSR count). The van der Waals surface area contributed by atoms with Gasteiger partial charge >= 0.3 is 0 Å². The van der Waals surface area contributed by atoms with Gasteiger partial charge in [-0.25, -0.2) is 4.68 Å². The lowest BCUT2D eigenvalue weighted by Crippen LogP contribution is -2.44. The maximum Gasteiger partial charge on any atom is 0.290 e. The van der Waals surface area contributed by atoms with Crippen LogP contribution in [0.1, 0.15) is 48.3 Å². The molecule has 0 aliphatic heterocycles. The second-order valence-corrected chi connectivity index (χ2v) is 8.01. The highest BCUT2D eigenvalue weighted by Crippen LogP contribution is 2.31. The molecular formula is C23H25ClN4O4. The Labute approximate surface area is 190 Å². The van der Waals surface area contributed by atoms with Crippen LogP contribution in [0.25, 0.3) is 10.8 Å². The van der Waals surface area contributed by atoms with Crippen molar-refractivity contribution < 1.29 is 14.3 Å². The number of nitrogens with zero attached hydrogens (tertiary/aromatic N) is 2. The van der Waals surface area contributed by atoms with E-state index in [1.165, 1.54) is 4.68 Å². The highest BCUT2D eigenvalue weighted by molar-refractivity contribution is 6.31. The number of rotatable bonds is 6. The average molecular weight is 457 g/mol. The molecule has 32 heavy (non-hydrogen) atoms. The maximum absolute atomic E-state index is 12.7. The average Bonchev–Trinajstić information content (AvgIpc) is 2.78. The van der Waals surface area contributed by atoms with Crippen molar-refractivity contribution in [3.63, 3.8) is 0 Å². The molecule has 0 aliphatic carbocycles. The van der Waals surface area contributed by atoms with Crippen LogP contribution in [0.5, 0.6) is 5.75 Å². The van der Waals surface area contributed by atoms with Crippen molar-refractivity contribution in [2.75, 3.05) is 6.61 Å². The lowest BCUT2D eigenvalue weighted by atomic mass is 10.0. The van der Waals surface area contributed by atoms with E-state index in [2.05, 4.69) is 16.0 Å². The van der Waals surface area contributed by atoms with Crippen LogP contribution < -0.4 is 21.1 Å². The molecule has 2 aromatic carbocycles. The van der Waals surface area contributed by atoms with Crippen LogP contribution >= 0.6 is 11.6 Å². The molecular weight excluding hydrogens is 432 g/mol. The topological polar surface area (TPSA) is 102 Å². The fraction of sp³-hybridized carbons (Fsp3) is 0.304. The first-order valence-electron chi connectivity index (χ1n) is 10.2. The number of fused-ring (bicyclic) bond motifs is 1. The summed E-state index contributed by atoms with van der Waals surface area (Å²) < 4.78 is 6.88. The highest BCUT2D eigenvalue weighted by Gasteiger charge is 2.17. The zero-order chi connectivity index (χ0) is 23.4. The van der Waals surface area contributed by atoms with Gasteiger partial charge in [-0.05, 0) is 49.1 Å². The molecule has 0 spiro atoms. The second kappa shape index (κ2) is 9.82. The summed E-state index contributed by atoms with van der Waals surface area (Å²) in [4.78, 5) is 37.4. The summed E-state index contributed by atoms with van der Waals surface area (Å²) in [5.74, 6) is -0.471. The van der Waals surface area contributed by atoms with Gasteiger partial charge in [0, 0.05) is 17.0 Å². The fourth-order valence-electron chi connectivity index (χ4n) is 3.23. The molecule has 0 saturated carbocycles. The van der Waals surface area contributed by atoms with Crippen LogP contribution in [0.15, 0.2) is 41.2 Å². The summed E-state index contributed by atoms with van der Waals surface area (Å²) >= 11 is 6.20. The van der Waals surface area contributed by atoms with Gasteiger partial charge in [-0.15, -0.1) is 0 Å². The molecule has 168 valence electrons. The van der Waals surface area contributed by atoms with Gasteiger partial charge in [-0.2, -0.15) is 5.10 Å². The molecule has 1 heterocycles. The maximum atomic E-state index is 12.7. The van der Waals surface area contributed by atoms with Crippen LogP contribution in [0.3, 0.4) is 0 Å². The summed E-state index contributed by atoms with van der Waals surface area (Å²) in [6.45, 7) is 7.62. The summed E-state index contributed by atoms with van der Waals surface area (Å²) in [6.07, 6.45) is 0. The SMILES string of the molecule is CCn1nc(C(=O)NNC(=O)COc2cc(C)c(Cl)cc2C(C)C)c2ccccc2c1=O. The lowest BCUT2D eigenvalue weighted by Gasteiger charge is -2.16. The second-order valence-electron chi connectivity index (χ2n) is 7.60. The third-order valence-electron chi connectivity index (χ3n) is 4.97. The van der Waals surface area contributed by atoms with E-state index in [1.54, 1.807) is 37.3 Å². The predicted octanol–water partition coefficient (Wildman–Crippen LogP) is 3.34. The quantitative estimate of drug-likeness (QED) is 0.554. The molecule has 0 radical (unpaired) electrons. The number of aryl methyl sites for hydroxylation is 2. The van der Waals surface area contributed by atoms with Gasteiger partial charge in [0.25, 0.3) is 17.4 Å². The first kappa shape index (κ1) is 23.3. The van der Waals surface area contributed by atoms with E-state index in [-0.39, 0.29) is 23.8 Å². The van der Waals surface area contributed by atoms with Crippen molar-refractivity contribution in [1.82, 2.24) is 20.6 Å². The number of aromatic nitrogens is 2. The number of benzene rings is 2. The van der Waals surface area contributed by atoms with Crippen molar-refractivity contribution in [1.29, 1.82) is 0 Å². The molecule has 2 N–H and O–H groups in total. The van der Waals surface area contributed by atoms with Crippen molar-refractivity contribution in [3.05, 3.63) is 68.6 Å². The number of hydrogen-bond donors (Lipinski definition) is 2. The van der Waals surface area contributed by atoms with Crippen LogP contribution in [0, 0.1) is 6.92 Å². The van der Waals surface area contributed by atoms with Gasteiger partial charge in [-0.3, -0.25) is 25.2 Å². The summed E-state index contributed by atoms with van der Waals surface area (Å²) in [5.41, 5.74) is 6.14. The number of halogens is 1. The largest absolute Gasteiger partial charge is 0.483 e. The van der Waals surface area contributed by atoms with Gasteiger partial charge in [0.1, 0.15) is 5.75 Å². The minimum Gasteiger partial charge on any atom is -0.483 e. The van der Waals surface area contributed by atoms with Crippen molar-refractivity contribution in [2.24, 2.45) is 0 Å². The van der Waals surface area contributed by atoms with E-state index in [9.17, 15) is 14.4 Å². The number of nitrogens with one attached hydrogen (secondary N) is 2. The van der Waals surface area contributed by atoms with Crippen LogP contribution in [-0.2, 0) is 11.3 Å². The molecule has 9 heteroatoms. The molecule has 0 fully saturated rings. The first-order valence-corrected chi connectivity index (χ1v) is 10.6. The molecule has 0 saturated heterocycles. The molecule has 3 aromatic rings. The van der Waals surface area contributed by atoms with Crippen LogP contribution in [0.2, 0.25) is 5.02 Å². The third kappa shape index (κ3) is 4.91. The Bertz CT molecular complexity index is 1240. The van der Waals surface area contributed by atoms with Gasteiger partial charge in [0.05, 0.1) is 5.39 Å². The van der Waals surface area contributed by atoms with E-state index < -0.39 is 11.8 Å². The summed E-state index contributed by atoms with van der Waals surface area (Å²) in [5, 5.41) is 5.55. The Morgan fingerprint density at radius 3 is 2.50 bits per heavy atom. The number of hydrogen-bond acceptors (Lipinski definition) is 5. The Hall–Kier alpha value is -3.39. The molecule has 8 nitrogen and oxygen atoms in total. The van der Waals surface area contributed by atoms with Crippen LogP contribution in [-0.4, -0.2) is 28.2 Å². The van der Waals surface area contributed by atoms with Gasteiger partial charge < -0.3 is 4.74 Å². The number of hydrazine groups is 1. The fourth-order valence-corrected chi connectivity index (χ4v) is 3.40. The predicted molar refractivity (Wildman–Crippen MR) is 123 cm³/mol. The summed E-state index contributed by atoms with van der Waals surface area (Å²) in [6, 6.07) is 10.3. The minimum absolute atomic E-state index is 0.0405. The molecule has 0 atom stereocenters. The van der Waals surface area contributed by atoms with E-state index >= 15 is 0 Å². The number of ether oxygens (including phenoxy) is 1. The van der Waals surface area contributed by atoms with E-state index in [4.69, 9.17) is 16.3 Å². The molecule has 0 unspecified atom stereocenters. The number of amides is 2. The van der Waals surface area contributed by atoms with Crippen LogP contribution in [0.4, 0.5) is 0 Å². The van der Waals surface area contributed by atoms with Gasteiger partial charge in [0.15, 0.2) is 12.3 Å². The molecule has 0 aliphatic rings.